The maximum Gasteiger partial charge on any atom is 0.0474 e. The number of hydrogen-bond acceptors (Lipinski definition) is 2. The minimum Gasteiger partial charge on any atom is -0.385 e. The topological polar surface area (TPSA) is 21.3 Å². The summed E-state index contributed by atoms with van der Waals surface area (Å²) in [6.07, 6.45) is 11.4. The minimum atomic E-state index is 0.831. The van der Waals surface area contributed by atoms with Gasteiger partial charge in [-0.2, -0.15) is 0 Å². The lowest BCUT2D eigenvalue weighted by molar-refractivity contribution is 0.186. The van der Waals surface area contributed by atoms with E-state index in [4.69, 9.17) is 4.74 Å². The van der Waals surface area contributed by atoms with Crippen LogP contribution in [0.2, 0.25) is 0 Å². The van der Waals surface area contributed by atoms with Crippen molar-refractivity contribution >= 4 is 0 Å². The molecule has 0 saturated heterocycles. The standard InChI is InChI=1S/C14H27NO/c1-16-11-5-10-15-14(13-8-9-13)12-6-3-2-4-7-12/h12-15H,2-11H2,1H3. The van der Waals surface area contributed by atoms with E-state index >= 15 is 0 Å². The first-order valence-corrected chi connectivity index (χ1v) is 7.14. The van der Waals surface area contributed by atoms with Crippen LogP contribution in [0, 0.1) is 11.8 Å². The Morgan fingerprint density at radius 1 is 1.06 bits per heavy atom. The molecule has 0 bridgehead atoms. The van der Waals surface area contributed by atoms with Gasteiger partial charge in [-0.05, 0) is 50.5 Å². The fraction of sp³-hybridized carbons (Fsp3) is 1.00. The van der Waals surface area contributed by atoms with Gasteiger partial charge < -0.3 is 10.1 Å². The van der Waals surface area contributed by atoms with Crippen molar-refractivity contribution in [3.8, 4) is 0 Å². The lowest BCUT2D eigenvalue weighted by atomic mass is 9.82. The maximum absolute atomic E-state index is 5.11. The molecule has 0 aromatic rings. The quantitative estimate of drug-likeness (QED) is 0.673. The van der Waals surface area contributed by atoms with E-state index in [0.717, 1.165) is 37.5 Å². The Morgan fingerprint density at radius 2 is 1.75 bits per heavy atom. The van der Waals surface area contributed by atoms with Crippen molar-refractivity contribution in [1.29, 1.82) is 0 Å². The summed E-state index contributed by atoms with van der Waals surface area (Å²) in [5.41, 5.74) is 0. The van der Waals surface area contributed by atoms with Gasteiger partial charge in [0.25, 0.3) is 0 Å². The summed E-state index contributed by atoms with van der Waals surface area (Å²) in [6, 6.07) is 0.831. The zero-order valence-corrected chi connectivity index (χ0v) is 10.7. The smallest absolute Gasteiger partial charge is 0.0474 e. The predicted molar refractivity (Wildman–Crippen MR) is 67.6 cm³/mol. The lowest BCUT2D eigenvalue weighted by Gasteiger charge is -2.31. The molecule has 2 aliphatic rings. The zero-order chi connectivity index (χ0) is 11.2. The van der Waals surface area contributed by atoms with Crippen molar-refractivity contribution in [2.75, 3.05) is 20.3 Å². The van der Waals surface area contributed by atoms with E-state index in [2.05, 4.69) is 5.32 Å². The maximum atomic E-state index is 5.11. The SMILES string of the molecule is COCCCNC(C1CCCCC1)C1CC1. The van der Waals surface area contributed by atoms with Gasteiger partial charge in [0, 0.05) is 19.8 Å². The predicted octanol–water partition coefficient (Wildman–Crippen LogP) is 2.97. The molecule has 0 amide bonds. The molecule has 2 fully saturated rings. The average Bonchev–Trinajstić information content (AvgIpc) is 3.15. The summed E-state index contributed by atoms with van der Waals surface area (Å²) in [4.78, 5) is 0. The van der Waals surface area contributed by atoms with Crippen molar-refractivity contribution < 1.29 is 4.74 Å². The van der Waals surface area contributed by atoms with Crippen LogP contribution in [-0.2, 0) is 4.74 Å². The van der Waals surface area contributed by atoms with E-state index in [-0.39, 0.29) is 0 Å². The Balaban J connectivity index is 1.71. The average molecular weight is 225 g/mol. The monoisotopic (exact) mass is 225 g/mol. The van der Waals surface area contributed by atoms with Crippen LogP contribution in [0.25, 0.3) is 0 Å². The van der Waals surface area contributed by atoms with Crippen LogP contribution in [-0.4, -0.2) is 26.3 Å². The molecule has 2 aliphatic carbocycles. The normalized spacial score (nSPS) is 24.6. The minimum absolute atomic E-state index is 0.831. The van der Waals surface area contributed by atoms with Gasteiger partial charge in [0.15, 0.2) is 0 Å². The van der Waals surface area contributed by atoms with Crippen LogP contribution in [0.15, 0.2) is 0 Å². The van der Waals surface area contributed by atoms with Crippen LogP contribution in [0.5, 0.6) is 0 Å². The Bertz CT molecular complexity index is 185. The number of methoxy groups -OCH3 is 1. The summed E-state index contributed by atoms with van der Waals surface area (Å²) < 4.78 is 5.11. The van der Waals surface area contributed by atoms with Gasteiger partial charge in [-0.25, -0.2) is 0 Å². The molecule has 2 rings (SSSR count). The molecular weight excluding hydrogens is 198 g/mol. The third-order valence-electron chi connectivity index (χ3n) is 4.19. The van der Waals surface area contributed by atoms with Crippen LogP contribution in [0.4, 0.5) is 0 Å². The van der Waals surface area contributed by atoms with Crippen molar-refractivity contribution in [2.24, 2.45) is 11.8 Å². The Kier molecular flexibility index (Phi) is 5.11. The lowest BCUT2D eigenvalue weighted by Crippen LogP contribution is -2.39. The molecule has 1 N–H and O–H groups in total. The van der Waals surface area contributed by atoms with Crippen LogP contribution < -0.4 is 5.32 Å². The van der Waals surface area contributed by atoms with Crippen LogP contribution in [0.3, 0.4) is 0 Å². The molecule has 0 spiro atoms. The fourth-order valence-corrected chi connectivity index (χ4v) is 3.15. The molecular formula is C14H27NO. The van der Waals surface area contributed by atoms with Gasteiger partial charge in [-0.1, -0.05) is 19.3 Å². The van der Waals surface area contributed by atoms with Crippen molar-refractivity contribution in [3.63, 3.8) is 0 Å². The second kappa shape index (κ2) is 6.61. The molecule has 16 heavy (non-hydrogen) atoms. The Hall–Kier alpha value is -0.0800. The third kappa shape index (κ3) is 3.74. The van der Waals surface area contributed by atoms with Gasteiger partial charge in [0.2, 0.25) is 0 Å². The summed E-state index contributed by atoms with van der Waals surface area (Å²) in [6.45, 7) is 2.04. The highest BCUT2D eigenvalue weighted by molar-refractivity contribution is 4.91. The number of ether oxygens (including phenoxy) is 1. The molecule has 2 saturated carbocycles. The summed E-state index contributed by atoms with van der Waals surface area (Å²) >= 11 is 0. The van der Waals surface area contributed by atoms with E-state index in [1.54, 1.807) is 7.11 Å². The molecule has 0 radical (unpaired) electrons. The van der Waals surface area contributed by atoms with E-state index in [1.807, 2.05) is 0 Å². The molecule has 0 aromatic heterocycles. The second-order valence-electron chi connectivity index (χ2n) is 5.56. The number of hydrogen-bond donors (Lipinski definition) is 1. The van der Waals surface area contributed by atoms with E-state index < -0.39 is 0 Å². The molecule has 1 atom stereocenters. The van der Waals surface area contributed by atoms with Crippen LogP contribution >= 0.6 is 0 Å². The highest BCUT2D eigenvalue weighted by atomic mass is 16.5. The molecule has 1 unspecified atom stereocenters. The summed E-state index contributed by atoms with van der Waals surface area (Å²) in [7, 11) is 1.79. The second-order valence-corrected chi connectivity index (χ2v) is 5.56. The van der Waals surface area contributed by atoms with Gasteiger partial charge in [-0.15, -0.1) is 0 Å². The first kappa shape index (κ1) is 12.4. The van der Waals surface area contributed by atoms with Crippen LogP contribution in [0.1, 0.15) is 51.4 Å². The van der Waals surface area contributed by atoms with Crippen molar-refractivity contribution in [2.45, 2.75) is 57.4 Å². The van der Waals surface area contributed by atoms with Crippen molar-refractivity contribution in [3.05, 3.63) is 0 Å². The van der Waals surface area contributed by atoms with Crippen molar-refractivity contribution in [1.82, 2.24) is 5.32 Å². The first-order valence-electron chi connectivity index (χ1n) is 7.14. The molecule has 2 heteroatoms. The van der Waals surface area contributed by atoms with E-state index in [0.29, 0.717) is 0 Å². The molecule has 0 aliphatic heterocycles. The molecule has 0 heterocycles. The number of nitrogens with one attached hydrogen (secondary N) is 1. The third-order valence-corrected chi connectivity index (χ3v) is 4.19. The van der Waals surface area contributed by atoms with Gasteiger partial charge in [0.05, 0.1) is 0 Å². The summed E-state index contributed by atoms with van der Waals surface area (Å²) in [5.74, 6) is 1.98. The first-order chi connectivity index (χ1) is 7.92. The highest BCUT2D eigenvalue weighted by Gasteiger charge is 2.36. The molecule has 2 nitrogen and oxygen atoms in total. The zero-order valence-electron chi connectivity index (χ0n) is 10.7. The Labute approximate surface area is 100 Å². The van der Waals surface area contributed by atoms with E-state index in [1.165, 1.54) is 44.9 Å². The largest absolute Gasteiger partial charge is 0.385 e. The van der Waals surface area contributed by atoms with Gasteiger partial charge >= 0.3 is 0 Å². The Morgan fingerprint density at radius 3 is 2.38 bits per heavy atom. The summed E-state index contributed by atoms with van der Waals surface area (Å²) in [5, 5.41) is 3.81. The number of rotatable bonds is 7. The fourth-order valence-electron chi connectivity index (χ4n) is 3.15. The van der Waals surface area contributed by atoms with E-state index in [9.17, 15) is 0 Å². The van der Waals surface area contributed by atoms with Gasteiger partial charge in [0.1, 0.15) is 0 Å². The van der Waals surface area contributed by atoms with Gasteiger partial charge in [-0.3, -0.25) is 0 Å². The molecule has 94 valence electrons. The molecule has 0 aromatic carbocycles. The highest BCUT2D eigenvalue weighted by Crippen LogP contribution is 2.40.